The fraction of sp³-hybridized carbons (Fsp3) is 0.167. The van der Waals surface area contributed by atoms with Crippen molar-refractivity contribution in [3.05, 3.63) is 60.2 Å². The summed E-state index contributed by atoms with van der Waals surface area (Å²) in [5, 5.41) is 12.4. The van der Waals surface area contributed by atoms with Gasteiger partial charge in [-0.2, -0.15) is 5.26 Å². The number of anilines is 1. The molecular formula is C18H15FN4O2S. The van der Waals surface area contributed by atoms with E-state index in [-0.39, 0.29) is 5.70 Å². The van der Waals surface area contributed by atoms with E-state index in [9.17, 15) is 9.18 Å². The molecule has 1 aliphatic heterocycles. The summed E-state index contributed by atoms with van der Waals surface area (Å²) in [6, 6.07) is 7.85. The molecule has 2 heterocycles. The Labute approximate surface area is 153 Å². The second kappa shape index (κ2) is 7.80. The van der Waals surface area contributed by atoms with E-state index >= 15 is 0 Å². The third-order valence-electron chi connectivity index (χ3n) is 3.66. The molecule has 0 radical (unpaired) electrons. The lowest BCUT2D eigenvalue weighted by Crippen LogP contribution is -2.34. The van der Waals surface area contributed by atoms with Gasteiger partial charge in [0.15, 0.2) is 5.13 Å². The van der Waals surface area contributed by atoms with Gasteiger partial charge >= 0.3 is 0 Å². The SMILES string of the molecule is C=C(C(=O)Nc1ncc(Oc2cccc(F)c2)s1)N1CCC=C(C#N)C1. The van der Waals surface area contributed by atoms with E-state index in [2.05, 4.69) is 22.9 Å². The van der Waals surface area contributed by atoms with Gasteiger partial charge in [0.2, 0.25) is 5.06 Å². The van der Waals surface area contributed by atoms with E-state index in [0.717, 1.165) is 11.3 Å². The average molecular weight is 370 g/mol. The maximum absolute atomic E-state index is 13.2. The molecule has 1 aliphatic rings. The van der Waals surface area contributed by atoms with Gasteiger partial charge < -0.3 is 9.64 Å². The Balaban J connectivity index is 1.60. The highest BCUT2D eigenvalue weighted by molar-refractivity contribution is 7.17. The van der Waals surface area contributed by atoms with Crippen LogP contribution in [0.15, 0.2) is 54.4 Å². The zero-order valence-corrected chi connectivity index (χ0v) is 14.6. The smallest absolute Gasteiger partial charge is 0.273 e. The topological polar surface area (TPSA) is 78.2 Å². The highest BCUT2D eigenvalue weighted by atomic mass is 32.1. The number of halogens is 1. The summed E-state index contributed by atoms with van der Waals surface area (Å²) in [6.45, 7) is 4.81. The van der Waals surface area contributed by atoms with Crippen LogP contribution in [-0.2, 0) is 4.79 Å². The Kier molecular flexibility index (Phi) is 5.29. The highest BCUT2D eigenvalue weighted by Gasteiger charge is 2.20. The third-order valence-corrected chi connectivity index (χ3v) is 4.45. The molecule has 6 nitrogen and oxygen atoms in total. The van der Waals surface area contributed by atoms with Gasteiger partial charge in [-0.25, -0.2) is 9.37 Å². The third kappa shape index (κ3) is 4.26. The molecule has 1 aromatic heterocycles. The van der Waals surface area contributed by atoms with Crippen LogP contribution in [0, 0.1) is 17.1 Å². The number of hydrogen-bond donors (Lipinski definition) is 1. The van der Waals surface area contributed by atoms with Crippen molar-refractivity contribution in [1.29, 1.82) is 5.26 Å². The fourth-order valence-electron chi connectivity index (χ4n) is 2.38. The van der Waals surface area contributed by atoms with Crippen LogP contribution in [0.5, 0.6) is 10.8 Å². The molecule has 132 valence electrons. The lowest BCUT2D eigenvalue weighted by Gasteiger charge is -2.27. The highest BCUT2D eigenvalue weighted by Crippen LogP contribution is 2.30. The van der Waals surface area contributed by atoms with E-state index in [4.69, 9.17) is 10.00 Å². The van der Waals surface area contributed by atoms with Crippen LogP contribution in [0.1, 0.15) is 6.42 Å². The Hall–Kier alpha value is -3.18. The lowest BCUT2D eigenvalue weighted by molar-refractivity contribution is -0.114. The second-order valence-corrected chi connectivity index (χ2v) is 6.49. The average Bonchev–Trinajstić information content (AvgIpc) is 3.07. The molecule has 0 aliphatic carbocycles. The maximum atomic E-state index is 13.2. The molecule has 0 unspecified atom stereocenters. The quantitative estimate of drug-likeness (QED) is 0.812. The predicted molar refractivity (Wildman–Crippen MR) is 96.2 cm³/mol. The molecular weight excluding hydrogens is 355 g/mol. The van der Waals surface area contributed by atoms with Gasteiger partial charge in [0.05, 0.1) is 24.5 Å². The van der Waals surface area contributed by atoms with Gasteiger partial charge in [-0.15, -0.1) is 0 Å². The zero-order chi connectivity index (χ0) is 18.5. The van der Waals surface area contributed by atoms with E-state index in [1.54, 1.807) is 17.0 Å². The summed E-state index contributed by atoms with van der Waals surface area (Å²) in [6.07, 6.45) is 4.00. The number of nitriles is 1. The first-order chi connectivity index (χ1) is 12.5. The molecule has 3 rings (SSSR count). The molecule has 1 N–H and O–H groups in total. The first kappa shape index (κ1) is 17.6. The summed E-state index contributed by atoms with van der Waals surface area (Å²) in [7, 11) is 0. The zero-order valence-electron chi connectivity index (χ0n) is 13.7. The number of benzene rings is 1. The number of thiazole rings is 1. The Bertz CT molecular complexity index is 916. The predicted octanol–water partition coefficient (Wildman–Crippen LogP) is 3.68. The van der Waals surface area contributed by atoms with E-state index in [1.807, 2.05) is 6.08 Å². The molecule has 1 aromatic carbocycles. The molecule has 8 heteroatoms. The molecule has 0 fully saturated rings. The number of amides is 1. The minimum Gasteiger partial charge on any atom is -0.445 e. The van der Waals surface area contributed by atoms with Crippen LogP contribution < -0.4 is 10.1 Å². The normalized spacial score (nSPS) is 13.5. The lowest BCUT2D eigenvalue weighted by atomic mass is 10.1. The van der Waals surface area contributed by atoms with Crippen molar-refractivity contribution in [1.82, 2.24) is 9.88 Å². The Morgan fingerprint density at radius 1 is 1.50 bits per heavy atom. The van der Waals surface area contributed by atoms with Crippen molar-refractivity contribution in [3.8, 4) is 16.9 Å². The summed E-state index contributed by atoms with van der Waals surface area (Å²) < 4.78 is 18.7. The van der Waals surface area contributed by atoms with Gasteiger partial charge in [-0.1, -0.05) is 30.1 Å². The van der Waals surface area contributed by atoms with Gasteiger partial charge in [0.25, 0.3) is 5.91 Å². The molecule has 0 saturated carbocycles. The second-order valence-electron chi connectivity index (χ2n) is 5.50. The molecule has 0 saturated heterocycles. The minimum atomic E-state index is -0.399. The van der Waals surface area contributed by atoms with Crippen molar-refractivity contribution in [3.63, 3.8) is 0 Å². The Morgan fingerprint density at radius 3 is 3.12 bits per heavy atom. The van der Waals surface area contributed by atoms with E-state index < -0.39 is 11.7 Å². The number of carbonyl (C=O) groups excluding carboxylic acids is 1. The molecule has 26 heavy (non-hydrogen) atoms. The number of ether oxygens (including phenoxy) is 1. The summed E-state index contributed by atoms with van der Waals surface area (Å²) >= 11 is 1.12. The number of hydrogen-bond acceptors (Lipinski definition) is 6. The fourth-order valence-corrected chi connectivity index (χ4v) is 3.06. The van der Waals surface area contributed by atoms with Crippen molar-refractivity contribution in [2.45, 2.75) is 6.42 Å². The molecule has 0 bridgehead atoms. The van der Waals surface area contributed by atoms with Crippen LogP contribution >= 0.6 is 11.3 Å². The first-order valence-corrected chi connectivity index (χ1v) is 8.60. The first-order valence-electron chi connectivity index (χ1n) is 7.79. The summed E-state index contributed by atoms with van der Waals surface area (Å²) in [4.78, 5) is 18.2. The number of rotatable bonds is 5. The maximum Gasteiger partial charge on any atom is 0.273 e. The van der Waals surface area contributed by atoms with Gasteiger partial charge in [0, 0.05) is 18.2 Å². The summed E-state index contributed by atoms with van der Waals surface area (Å²) in [5.74, 6) is -0.444. The van der Waals surface area contributed by atoms with Gasteiger partial charge in [0.1, 0.15) is 11.6 Å². The van der Waals surface area contributed by atoms with E-state index in [0.29, 0.717) is 41.0 Å². The minimum absolute atomic E-state index is 0.272. The monoisotopic (exact) mass is 370 g/mol. The number of nitrogens with zero attached hydrogens (tertiary/aromatic N) is 3. The van der Waals surface area contributed by atoms with Crippen molar-refractivity contribution < 1.29 is 13.9 Å². The molecule has 0 atom stereocenters. The largest absolute Gasteiger partial charge is 0.445 e. The van der Waals surface area contributed by atoms with Crippen molar-refractivity contribution in [2.24, 2.45) is 0 Å². The standard InChI is InChI=1S/C18H15FN4O2S/c1-12(23-7-3-4-13(9-20)11-23)17(24)22-18-21-10-16(26-18)25-15-6-2-5-14(19)8-15/h2,4-6,8,10H,1,3,7,11H2,(H,21,22,24). The van der Waals surface area contributed by atoms with Crippen LogP contribution in [0.2, 0.25) is 0 Å². The summed E-state index contributed by atoms with van der Waals surface area (Å²) in [5.41, 5.74) is 0.888. The van der Waals surface area contributed by atoms with Crippen LogP contribution in [-0.4, -0.2) is 28.9 Å². The van der Waals surface area contributed by atoms with Crippen LogP contribution in [0.25, 0.3) is 0 Å². The number of nitrogens with one attached hydrogen (secondary N) is 1. The number of carbonyl (C=O) groups is 1. The molecule has 1 amide bonds. The molecule has 0 spiro atoms. The van der Waals surface area contributed by atoms with Crippen molar-refractivity contribution in [2.75, 3.05) is 18.4 Å². The Morgan fingerprint density at radius 2 is 2.35 bits per heavy atom. The molecule has 2 aromatic rings. The van der Waals surface area contributed by atoms with Crippen LogP contribution in [0.4, 0.5) is 9.52 Å². The van der Waals surface area contributed by atoms with Crippen LogP contribution in [0.3, 0.4) is 0 Å². The van der Waals surface area contributed by atoms with Gasteiger partial charge in [-0.3, -0.25) is 10.1 Å². The van der Waals surface area contributed by atoms with E-state index in [1.165, 1.54) is 18.3 Å². The van der Waals surface area contributed by atoms with Crippen molar-refractivity contribution >= 4 is 22.4 Å². The number of aromatic nitrogens is 1. The van der Waals surface area contributed by atoms with Gasteiger partial charge in [-0.05, 0) is 18.6 Å².